The summed E-state index contributed by atoms with van der Waals surface area (Å²) in [7, 11) is 0. The number of fused-ring (bicyclic) bond motifs is 1. The van der Waals surface area contributed by atoms with Crippen LogP contribution in [-0.4, -0.2) is 30.8 Å². The fourth-order valence-electron chi connectivity index (χ4n) is 2.25. The Morgan fingerprint density at radius 3 is 2.76 bits per heavy atom. The second kappa shape index (κ2) is 8.41. The molecule has 0 saturated carbocycles. The number of nitrogens with one attached hydrogen (secondary N) is 1. The highest BCUT2D eigenvalue weighted by Crippen LogP contribution is 2.38. The van der Waals surface area contributed by atoms with E-state index in [0.29, 0.717) is 17.6 Å². The van der Waals surface area contributed by atoms with Crippen molar-refractivity contribution in [1.82, 2.24) is 5.48 Å². The molecule has 0 aliphatic rings. The van der Waals surface area contributed by atoms with Crippen molar-refractivity contribution < 1.29 is 24.0 Å². The molecule has 2 aromatic rings. The number of aryl methyl sites for hydroxylation is 1. The standard InChI is InChI=1S/C17H18N2O5S/c1-3-8-24-19-13(20)9-23-10-6-5-7-12-14(10)15(11(4-2)25-12)16(21)17(18)22/h3,5-7H,1,4,8-9H2,2H3,(H2,18,22)(H,19,20). The van der Waals surface area contributed by atoms with Gasteiger partial charge in [-0.05, 0) is 18.6 Å². The van der Waals surface area contributed by atoms with Gasteiger partial charge in [-0.15, -0.1) is 17.9 Å². The molecule has 0 bridgehead atoms. The largest absolute Gasteiger partial charge is 0.483 e. The van der Waals surface area contributed by atoms with Gasteiger partial charge in [-0.1, -0.05) is 19.1 Å². The number of hydrogen-bond donors (Lipinski definition) is 2. The van der Waals surface area contributed by atoms with E-state index in [2.05, 4.69) is 12.1 Å². The average molecular weight is 362 g/mol. The second-order valence-electron chi connectivity index (χ2n) is 4.99. The minimum Gasteiger partial charge on any atom is -0.483 e. The molecule has 0 aliphatic heterocycles. The van der Waals surface area contributed by atoms with Crippen molar-refractivity contribution in [2.45, 2.75) is 13.3 Å². The highest BCUT2D eigenvalue weighted by Gasteiger charge is 2.24. The summed E-state index contributed by atoms with van der Waals surface area (Å²) in [6, 6.07) is 5.19. The number of Topliss-reactive ketones (excluding diaryl/α,β-unsaturated/α-hetero) is 1. The Kier molecular flexibility index (Phi) is 6.26. The maximum Gasteiger partial charge on any atom is 0.289 e. The summed E-state index contributed by atoms with van der Waals surface area (Å²) < 4.78 is 6.30. The van der Waals surface area contributed by atoms with Crippen LogP contribution in [0.25, 0.3) is 10.1 Å². The molecule has 8 heteroatoms. The predicted molar refractivity (Wildman–Crippen MR) is 94.5 cm³/mol. The van der Waals surface area contributed by atoms with Crippen molar-refractivity contribution in [2.75, 3.05) is 13.2 Å². The monoisotopic (exact) mass is 362 g/mol. The Hall–Kier alpha value is -2.71. The van der Waals surface area contributed by atoms with Gasteiger partial charge in [-0.25, -0.2) is 5.48 Å². The maximum atomic E-state index is 12.2. The number of hydroxylamine groups is 1. The Morgan fingerprint density at radius 1 is 1.36 bits per heavy atom. The number of benzene rings is 1. The lowest BCUT2D eigenvalue weighted by Crippen LogP contribution is -2.29. The Balaban J connectivity index is 2.32. The summed E-state index contributed by atoms with van der Waals surface area (Å²) in [4.78, 5) is 40.9. The summed E-state index contributed by atoms with van der Waals surface area (Å²) in [5.41, 5.74) is 7.61. The van der Waals surface area contributed by atoms with Gasteiger partial charge in [-0.3, -0.25) is 19.2 Å². The van der Waals surface area contributed by atoms with Crippen molar-refractivity contribution in [3.05, 3.63) is 41.3 Å². The van der Waals surface area contributed by atoms with E-state index in [1.165, 1.54) is 17.4 Å². The van der Waals surface area contributed by atoms with Crippen molar-refractivity contribution >= 4 is 39.0 Å². The zero-order valence-electron chi connectivity index (χ0n) is 13.7. The molecular weight excluding hydrogens is 344 g/mol. The third-order valence-corrected chi connectivity index (χ3v) is 4.57. The van der Waals surface area contributed by atoms with Gasteiger partial charge in [0.25, 0.3) is 17.6 Å². The van der Waals surface area contributed by atoms with Crippen LogP contribution in [0.3, 0.4) is 0 Å². The van der Waals surface area contributed by atoms with Gasteiger partial charge in [-0.2, -0.15) is 0 Å². The summed E-state index contributed by atoms with van der Waals surface area (Å²) in [5.74, 6) is -1.96. The quantitative estimate of drug-likeness (QED) is 0.232. The zero-order valence-corrected chi connectivity index (χ0v) is 14.5. The van der Waals surface area contributed by atoms with E-state index in [1.807, 2.05) is 13.0 Å². The molecule has 1 aromatic carbocycles. The van der Waals surface area contributed by atoms with E-state index < -0.39 is 17.6 Å². The number of carbonyl (C=O) groups is 3. The van der Waals surface area contributed by atoms with Gasteiger partial charge in [0.1, 0.15) is 5.75 Å². The molecule has 0 fully saturated rings. The first kappa shape index (κ1) is 18.6. The number of thiophene rings is 1. The van der Waals surface area contributed by atoms with Gasteiger partial charge in [0.2, 0.25) is 0 Å². The van der Waals surface area contributed by atoms with Crippen LogP contribution in [0.2, 0.25) is 0 Å². The fourth-order valence-corrected chi connectivity index (χ4v) is 3.41. The maximum absolute atomic E-state index is 12.2. The first-order chi connectivity index (χ1) is 12.0. The molecular formula is C17H18N2O5S. The van der Waals surface area contributed by atoms with E-state index in [-0.39, 0.29) is 18.8 Å². The van der Waals surface area contributed by atoms with Crippen molar-refractivity contribution in [2.24, 2.45) is 5.73 Å². The summed E-state index contributed by atoms with van der Waals surface area (Å²) in [5, 5.41) is 0.493. The molecule has 2 amide bonds. The lowest BCUT2D eigenvalue weighted by molar-refractivity contribution is -0.134. The zero-order chi connectivity index (χ0) is 18.4. The van der Waals surface area contributed by atoms with E-state index in [9.17, 15) is 14.4 Å². The topological polar surface area (TPSA) is 108 Å². The number of amides is 2. The van der Waals surface area contributed by atoms with Gasteiger partial charge in [0, 0.05) is 15.0 Å². The fraction of sp³-hybridized carbons (Fsp3) is 0.235. The number of ether oxygens (including phenoxy) is 1. The normalized spacial score (nSPS) is 10.4. The molecule has 132 valence electrons. The van der Waals surface area contributed by atoms with Gasteiger partial charge in [0.15, 0.2) is 6.61 Å². The molecule has 0 radical (unpaired) electrons. The third kappa shape index (κ3) is 4.23. The predicted octanol–water partition coefficient (Wildman–Crippen LogP) is 1.74. The van der Waals surface area contributed by atoms with Crippen LogP contribution < -0.4 is 16.0 Å². The molecule has 0 unspecified atom stereocenters. The van der Waals surface area contributed by atoms with Gasteiger partial charge in [0.05, 0.1) is 12.2 Å². The van der Waals surface area contributed by atoms with Crippen molar-refractivity contribution in [3.63, 3.8) is 0 Å². The first-order valence-electron chi connectivity index (χ1n) is 7.52. The van der Waals surface area contributed by atoms with Crippen LogP contribution in [0, 0.1) is 0 Å². The van der Waals surface area contributed by atoms with Crippen LogP contribution in [0.15, 0.2) is 30.9 Å². The van der Waals surface area contributed by atoms with E-state index in [4.69, 9.17) is 15.3 Å². The Labute approximate surface area is 148 Å². The summed E-state index contributed by atoms with van der Waals surface area (Å²) in [6.45, 7) is 5.20. The highest BCUT2D eigenvalue weighted by atomic mass is 32.1. The average Bonchev–Trinajstić information content (AvgIpc) is 2.98. The number of nitrogens with two attached hydrogens (primary N) is 1. The summed E-state index contributed by atoms with van der Waals surface area (Å²) in [6.07, 6.45) is 2.06. The molecule has 25 heavy (non-hydrogen) atoms. The van der Waals surface area contributed by atoms with Crippen molar-refractivity contribution in [1.29, 1.82) is 0 Å². The molecule has 7 nitrogen and oxygen atoms in total. The summed E-state index contributed by atoms with van der Waals surface area (Å²) >= 11 is 1.39. The first-order valence-corrected chi connectivity index (χ1v) is 8.34. The molecule has 0 atom stereocenters. The van der Waals surface area contributed by atoms with Crippen LogP contribution >= 0.6 is 11.3 Å². The minimum absolute atomic E-state index is 0.170. The second-order valence-corrected chi connectivity index (χ2v) is 6.13. The molecule has 3 N–H and O–H groups in total. The molecule has 2 rings (SSSR count). The molecule has 0 aliphatic carbocycles. The number of hydrogen-bond acceptors (Lipinski definition) is 6. The molecule has 1 heterocycles. The number of primary amides is 1. The third-order valence-electron chi connectivity index (χ3n) is 3.27. The van der Waals surface area contributed by atoms with Crippen LogP contribution in [0.1, 0.15) is 22.2 Å². The molecule has 0 spiro atoms. The van der Waals surface area contributed by atoms with Gasteiger partial charge >= 0.3 is 0 Å². The SMILES string of the molecule is C=CCONC(=O)COc1cccc2sc(CC)c(C(=O)C(N)=O)c12. The minimum atomic E-state index is -1.03. The Bertz CT molecular complexity index is 828. The van der Waals surface area contributed by atoms with Gasteiger partial charge < -0.3 is 10.5 Å². The number of rotatable bonds is 9. The molecule has 1 aromatic heterocycles. The number of carbonyl (C=O) groups excluding carboxylic acids is 3. The lowest BCUT2D eigenvalue weighted by atomic mass is 10.0. The van der Waals surface area contributed by atoms with Crippen LogP contribution in [-0.2, 0) is 20.8 Å². The van der Waals surface area contributed by atoms with Crippen LogP contribution in [0.4, 0.5) is 0 Å². The van der Waals surface area contributed by atoms with E-state index in [0.717, 1.165) is 9.58 Å². The Morgan fingerprint density at radius 2 is 2.12 bits per heavy atom. The van der Waals surface area contributed by atoms with E-state index in [1.54, 1.807) is 12.1 Å². The highest BCUT2D eigenvalue weighted by molar-refractivity contribution is 7.19. The van der Waals surface area contributed by atoms with E-state index >= 15 is 0 Å². The number of ketones is 1. The lowest BCUT2D eigenvalue weighted by Gasteiger charge is -2.09. The smallest absolute Gasteiger partial charge is 0.289 e. The van der Waals surface area contributed by atoms with Crippen molar-refractivity contribution in [3.8, 4) is 5.75 Å². The molecule has 0 saturated heterocycles. The van der Waals surface area contributed by atoms with Crippen LogP contribution in [0.5, 0.6) is 5.75 Å².